The highest BCUT2D eigenvalue weighted by Crippen LogP contribution is 2.23. The lowest BCUT2D eigenvalue weighted by Gasteiger charge is -2.34. The predicted octanol–water partition coefficient (Wildman–Crippen LogP) is 4.83. The Balaban J connectivity index is 2.05. The van der Waals surface area contributed by atoms with Gasteiger partial charge in [0.15, 0.2) is 0 Å². The first-order valence-corrected chi connectivity index (χ1v) is 15.2. The fourth-order valence-electron chi connectivity index (χ4n) is 4.26. The van der Waals surface area contributed by atoms with E-state index in [2.05, 4.69) is 5.32 Å². The highest BCUT2D eigenvalue weighted by atomic mass is 35.5. The van der Waals surface area contributed by atoms with Gasteiger partial charge in [0.05, 0.1) is 11.9 Å². The van der Waals surface area contributed by atoms with E-state index < -0.39 is 28.5 Å². The van der Waals surface area contributed by atoms with Crippen molar-refractivity contribution in [3.8, 4) is 0 Å². The van der Waals surface area contributed by atoms with Crippen LogP contribution in [0.1, 0.15) is 37.5 Å². The maximum Gasteiger partial charge on any atom is 0.244 e. The van der Waals surface area contributed by atoms with Gasteiger partial charge in [-0.15, -0.1) is 0 Å². The summed E-state index contributed by atoms with van der Waals surface area (Å²) in [6.07, 6.45) is 2.12. The Hall–Kier alpha value is -3.36. The minimum Gasteiger partial charge on any atom is -0.352 e. The van der Waals surface area contributed by atoms with Gasteiger partial charge in [0.2, 0.25) is 21.8 Å². The molecule has 3 rings (SSSR count). The standard InChI is InChI=1S/C30H36ClN3O4S/c1-5-23-15-17-26(18-16-23)34(39(4,37)38)21-29(35)33(20-25-13-9-10-14-27(25)31)28(30(36)32-22(2)3)19-24-11-7-6-8-12-24/h6-18,22,28H,5,19-21H2,1-4H3,(H,32,36). The number of hydrogen-bond acceptors (Lipinski definition) is 4. The van der Waals surface area contributed by atoms with Crippen LogP contribution in [0.2, 0.25) is 5.02 Å². The number of benzene rings is 3. The van der Waals surface area contributed by atoms with Crippen LogP contribution < -0.4 is 9.62 Å². The molecule has 7 nitrogen and oxygen atoms in total. The molecule has 0 fully saturated rings. The summed E-state index contributed by atoms with van der Waals surface area (Å²) in [7, 11) is -3.81. The van der Waals surface area contributed by atoms with E-state index in [0.717, 1.165) is 28.1 Å². The maximum absolute atomic E-state index is 14.0. The van der Waals surface area contributed by atoms with E-state index in [9.17, 15) is 18.0 Å². The second-order valence-corrected chi connectivity index (χ2v) is 12.1. The van der Waals surface area contributed by atoms with Crippen molar-refractivity contribution in [2.24, 2.45) is 0 Å². The summed E-state index contributed by atoms with van der Waals surface area (Å²) in [6.45, 7) is 5.28. The van der Waals surface area contributed by atoms with Gasteiger partial charge in [0.25, 0.3) is 0 Å². The lowest BCUT2D eigenvalue weighted by atomic mass is 10.0. The number of nitrogens with one attached hydrogen (secondary N) is 1. The van der Waals surface area contributed by atoms with Gasteiger partial charge < -0.3 is 10.2 Å². The number of hydrogen-bond donors (Lipinski definition) is 1. The van der Waals surface area contributed by atoms with Crippen LogP contribution >= 0.6 is 11.6 Å². The Kier molecular flexibility index (Phi) is 10.5. The predicted molar refractivity (Wildman–Crippen MR) is 157 cm³/mol. The molecule has 0 radical (unpaired) electrons. The summed E-state index contributed by atoms with van der Waals surface area (Å²) in [6, 6.07) is 22.5. The van der Waals surface area contributed by atoms with E-state index >= 15 is 0 Å². The van der Waals surface area contributed by atoms with Gasteiger partial charge in [-0.1, -0.05) is 79.2 Å². The van der Waals surface area contributed by atoms with E-state index in [0.29, 0.717) is 16.3 Å². The first-order valence-electron chi connectivity index (χ1n) is 12.9. The summed E-state index contributed by atoms with van der Waals surface area (Å²) in [4.78, 5) is 29.0. The van der Waals surface area contributed by atoms with Crippen LogP contribution in [0.25, 0.3) is 0 Å². The van der Waals surface area contributed by atoms with Gasteiger partial charge in [0, 0.05) is 24.0 Å². The number of amides is 2. The Morgan fingerprint density at radius 1 is 0.897 bits per heavy atom. The zero-order valence-electron chi connectivity index (χ0n) is 22.8. The zero-order valence-corrected chi connectivity index (χ0v) is 24.4. The van der Waals surface area contributed by atoms with Crippen LogP contribution in [-0.2, 0) is 39.0 Å². The Morgan fingerprint density at radius 2 is 1.51 bits per heavy atom. The number of rotatable bonds is 12. The van der Waals surface area contributed by atoms with Crippen LogP contribution in [0.3, 0.4) is 0 Å². The average molecular weight is 570 g/mol. The molecule has 0 saturated carbocycles. The summed E-state index contributed by atoms with van der Waals surface area (Å²) < 4.78 is 26.8. The minimum absolute atomic E-state index is 0.0356. The molecule has 0 aliphatic heterocycles. The minimum atomic E-state index is -3.81. The molecule has 0 aliphatic rings. The van der Waals surface area contributed by atoms with Gasteiger partial charge >= 0.3 is 0 Å². The van der Waals surface area contributed by atoms with Gasteiger partial charge in [-0.05, 0) is 55.2 Å². The molecular formula is C30H36ClN3O4S. The molecule has 3 aromatic carbocycles. The molecule has 39 heavy (non-hydrogen) atoms. The van der Waals surface area contributed by atoms with E-state index in [1.54, 1.807) is 30.3 Å². The number of aryl methyl sites for hydroxylation is 1. The molecule has 9 heteroatoms. The third-order valence-electron chi connectivity index (χ3n) is 6.31. The summed E-state index contributed by atoms with van der Waals surface area (Å²) in [5.74, 6) is -0.841. The molecule has 0 saturated heterocycles. The molecule has 208 valence electrons. The molecule has 2 amide bonds. The van der Waals surface area contributed by atoms with Crippen LogP contribution in [0, 0.1) is 0 Å². The SMILES string of the molecule is CCc1ccc(N(CC(=O)N(Cc2ccccc2Cl)C(Cc2ccccc2)C(=O)NC(C)C)S(C)(=O)=O)cc1. The van der Waals surface area contributed by atoms with E-state index in [4.69, 9.17) is 11.6 Å². The molecule has 1 atom stereocenters. The van der Waals surface area contributed by atoms with Crippen molar-refractivity contribution in [2.45, 2.75) is 52.2 Å². The van der Waals surface area contributed by atoms with Gasteiger partial charge in [-0.3, -0.25) is 13.9 Å². The molecule has 1 N–H and O–H groups in total. The monoisotopic (exact) mass is 569 g/mol. The third-order valence-corrected chi connectivity index (χ3v) is 7.82. The summed E-state index contributed by atoms with van der Waals surface area (Å²) >= 11 is 6.46. The van der Waals surface area contributed by atoms with Crippen molar-refractivity contribution in [2.75, 3.05) is 17.1 Å². The highest BCUT2D eigenvalue weighted by molar-refractivity contribution is 7.92. The summed E-state index contributed by atoms with van der Waals surface area (Å²) in [5, 5.41) is 3.38. The third kappa shape index (κ3) is 8.57. The second kappa shape index (κ2) is 13.6. The molecule has 0 spiro atoms. The Labute approximate surface area is 236 Å². The molecule has 0 aromatic heterocycles. The van der Waals surface area contributed by atoms with Crippen LogP contribution in [0.5, 0.6) is 0 Å². The molecule has 0 bridgehead atoms. The molecule has 1 unspecified atom stereocenters. The quantitative estimate of drug-likeness (QED) is 0.338. The summed E-state index contributed by atoms with van der Waals surface area (Å²) in [5.41, 5.74) is 2.95. The molecule has 3 aromatic rings. The smallest absolute Gasteiger partial charge is 0.244 e. The van der Waals surface area contributed by atoms with Crippen LogP contribution in [-0.4, -0.2) is 50.0 Å². The second-order valence-electron chi connectivity index (χ2n) is 9.77. The van der Waals surface area contributed by atoms with Crippen molar-refractivity contribution in [3.05, 3.63) is 101 Å². The van der Waals surface area contributed by atoms with Gasteiger partial charge in [-0.25, -0.2) is 8.42 Å². The molecule has 0 heterocycles. The van der Waals surface area contributed by atoms with Gasteiger partial charge in [-0.2, -0.15) is 0 Å². The van der Waals surface area contributed by atoms with Crippen molar-refractivity contribution >= 4 is 39.1 Å². The zero-order chi connectivity index (χ0) is 28.6. The van der Waals surface area contributed by atoms with E-state index in [-0.39, 0.29) is 24.9 Å². The lowest BCUT2D eigenvalue weighted by molar-refractivity contribution is -0.140. The van der Waals surface area contributed by atoms with Crippen molar-refractivity contribution in [1.29, 1.82) is 0 Å². The number of carbonyl (C=O) groups excluding carboxylic acids is 2. The first kappa shape index (κ1) is 30.2. The average Bonchev–Trinajstić information content (AvgIpc) is 2.89. The normalized spacial score (nSPS) is 12.2. The Bertz CT molecular complexity index is 1360. The Morgan fingerprint density at radius 3 is 2.08 bits per heavy atom. The number of nitrogens with zero attached hydrogens (tertiary/aromatic N) is 2. The molecule has 0 aliphatic carbocycles. The number of sulfonamides is 1. The highest BCUT2D eigenvalue weighted by Gasteiger charge is 2.33. The van der Waals surface area contributed by atoms with Crippen LogP contribution in [0.15, 0.2) is 78.9 Å². The fraction of sp³-hybridized carbons (Fsp3) is 0.333. The maximum atomic E-state index is 14.0. The molecular weight excluding hydrogens is 534 g/mol. The topological polar surface area (TPSA) is 86.8 Å². The number of carbonyl (C=O) groups is 2. The van der Waals surface area contributed by atoms with E-state index in [1.807, 2.05) is 69.3 Å². The van der Waals surface area contributed by atoms with Crippen molar-refractivity contribution < 1.29 is 18.0 Å². The van der Waals surface area contributed by atoms with Crippen molar-refractivity contribution in [1.82, 2.24) is 10.2 Å². The van der Waals surface area contributed by atoms with Gasteiger partial charge in [0.1, 0.15) is 12.6 Å². The van der Waals surface area contributed by atoms with E-state index in [1.165, 1.54) is 4.90 Å². The fourth-order valence-corrected chi connectivity index (χ4v) is 5.30. The number of anilines is 1. The lowest BCUT2D eigenvalue weighted by Crippen LogP contribution is -2.54. The largest absolute Gasteiger partial charge is 0.352 e. The first-order chi connectivity index (χ1) is 18.5. The van der Waals surface area contributed by atoms with Crippen LogP contribution in [0.4, 0.5) is 5.69 Å². The number of halogens is 1. The van der Waals surface area contributed by atoms with Crippen molar-refractivity contribution in [3.63, 3.8) is 0 Å².